The summed E-state index contributed by atoms with van der Waals surface area (Å²) in [6.07, 6.45) is 4.75. The Hall–Kier alpha value is -2.01. The fraction of sp³-hybridized carbons (Fsp3) is 0.316. The van der Waals surface area contributed by atoms with E-state index in [4.69, 9.17) is 0 Å². The molecular weight excluding hydrogens is 368 g/mol. The summed E-state index contributed by atoms with van der Waals surface area (Å²) < 4.78 is 0.945. The molecule has 126 valence electrons. The number of pyridine rings is 1. The molecule has 1 aromatic carbocycles. The number of ketones is 1. The minimum Gasteiger partial charge on any atom is -0.339 e. The van der Waals surface area contributed by atoms with Crippen molar-refractivity contribution in [3.8, 4) is 0 Å². The van der Waals surface area contributed by atoms with E-state index in [1.165, 1.54) is 0 Å². The third kappa shape index (κ3) is 4.99. The smallest absolute Gasteiger partial charge is 0.222 e. The Balaban J connectivity index is 1.82. The zero-order valence-electron chi connectivity index (χ0n) is 13.9. The number of hydrogen-bond acceptors (Lipinski definition) is 3. The molecule has 0 aliphatic carbocycles. The fourth-order valence-electron chi connectivity index (χ4n) is 2.44. The molecule has 1 amide bonds. The second-order valence-corrected chi connectivity index (χ2v) is 6.66. The lowest BCUT2D eigenvalue weighted by Gasteiger charge is -2.25. The lowest BCUT2D eigenvalue weighted by Crippen LogP contribution is -2.29. The van der Waals surface area contributed by atoms with Crippen LogP contribution in [0.25, 0.3) is 0 Å². The van der Waals surface area contributed by atoms with Crippen molar-refractivity contribution in [1.82, 2.24) is 9.88 Å². The summed E-state index contributed by atoms with van der Waals surface area (Å²) in [6, 6.07) is 11.1. The Morgan fingerprint density at radius 1 is 1.08 bits per heavy atom. The van der Waals surface area contributed by atoms with E-state index in [0.29, 0.717) is 24.8 Å². The minimum absolute atomic E-state index is 0.0114. The van der Waals surface area contributed by atoms with Crippen molar-refractivity contribution in [1.29, 1.82) is 0 Å². The van der Waals surface area contributed by atoms with E-state index in [2.05, 4.69) is 20.9 Å². The highest BCUT2D eigenvalue weighted by Crippen LogP contribution is 2.19. The largest absolute Gasteiger partial charge is 0.339 e. The summed E-state index contributed by atoms with van der Waals surface area (Å²) in [5.74, 6) is 0.114. The topological polar surface area (TPSA) is 50.3 Å². The SMILES string of the molecule is C[C@H](c1ccncc1)N(C)C(=O)CCCC(=O)c1ccc(Br)cc1. The average Bonchev–Trinajstić information content (AvgIpc) is 2.61. The van der Waals surface area contributed by atoms with E-state index in [9.17, 15) is 9.59 Å². The van der Waals surface area contributed by atoms with Crippen molar-refractivity contribution in [3.63, 3.8) is 0 Å². The van der Waals surface area contributed by atoms with Crippen LogP contribution < -0.4 is 0 Å². The van der Waals surface area contributed by atoms with Gasteiger partial charge in [-0.05, 0) is 43.2 Å². The molecule has 0 saturated carbocycles. The normalized spacial score (nSPS) is 11.8. The second kappa shape index (κ2) is 8.73. The molecule has 1 atom stereocenters. The van der Waals surface area contributed by atoms with Crippen LogP contribution in [0.5, 0.6) is 0 Å². The second-order valence-electron chi connectivity index (χ2n) is 5.74. The van der Waals surface area contributed by atoms with E-state index in [0.717, 1.165) is 10.0 Å². The highest BCUT2D eigenvalue weighted by molar-refractivity contribution is 9.10. The van der Waals surface area contributed by atoms with Gasteiger partial charge in [0.15, 0.2) is 5.78 Å². The molecule has 0 aliphatic heterocycles. The van der Waals surface area contributed by atoms with E-state index in [-0.39, 0.29) is 17.7 Å². The molecule has 0 aliphatic rings. The maximum Gasteiger partial charge on any atom is 0.222 e. The lowest BCUT2D eigenvalue weighted by atomic mass is 10.0. The number of hydrogen-bond donors (Lipinski definition) is 0. The van der Waals surface area contributed by atoms with Crippen LogP contribution >= 0.6 is 15.9 Å². The molecule has 2 aromatic rings. The van der Waals surface area contributed by atoms with E-state index < -0.39 is 0 Å². The van der Waals surface area contributed by atoms with Gasteiger partial charge in [0.05, 0.1) is 6.04 Å². The summed E-state index contributed by atoms with van der Waals surface area (Å²) in [6.45, 7) is 1.99. The maximum atomic E-state index is 12.3. The molecule has 0 spiro atoms. The van der Waals surface area contributed by atoms with Crippen molar-refractivity contribution in [3.05, 3.63) is 64.4 Å². The van der Waals surface area contributed by atoms with Gasteiger partial charge in [0, 0.05) is 42.3 Å². The number of nitrogens with zero attached hydrogens (tertiary/aromatic N) is 2. The summed E-state index contributed by atoms with van der Waals surface area (Å²) in [7, 11) is 1.80. The Morgan fingerprint density at radius 3 is 2.33 bits per heavy atom. The third-order valence-electron chi connectivity index (χ3n) is 4.12. The molecule has 0 unspecified atom stereocenters. The molecule has 0 bridgehead atoms. The average molecular weight is 389 g/mol. The van der Waals surface area contributed by atoms with Gasteiger partial charge in [-0.2, -0.15) is 0 Å². The number of Topliss-reactive ketones (excluding diaryl/α,β-unsaturated/α-hetero) is 1. The van der Waals surface area contributed by atoms with E-state index in [1.807, 2.05) is 31.2 Å². The first-order valence-electron chi connectivity index (χ1n) is 7.93. The zero-order valence-corrected chi connectivity index (χ0v) is 15.5. The number of aromatic nitrogens is 1. The molecule has 0 N–H and O–H groups in total. The van der Waals surface area contributed by atoms with Crippen LogP contribution in [0.2, 0.25) is 0 Å². The number of carbonyl (C=O) groups is 2. The van der Waals surface area contributed by atoms with Crippen LogP contribution in [0.1, 0.15) is 48.1 Å². The summed E-state index contributed by atoms with van der Waals surface area (Å²) in [4.78, 5) is 30.1. The zero-order chi connectivity index (χ0) is 17.5. The quantitative estimate of drug-likeness (QED) is 0.659. The molecule has 24 heavy (non-hydrogen) atoms. The number of halogens is 1. The monoisotopic (exact) mass is 388 g/mol. The molecular formula is C19H21BrN2O2. The molecule has 0 radical (unpaired) electrons. The van der Waals surface area contributed by atoms with Gasteiger partial charge in [0.25, 0.3) is 0 Å². The number of benzene rings is 1. The Kier molecular flexibility index (Phi) is 6.67. The van der Waals surface area contributed by atoms with Crippen molar-refractivity contribution in [2.75, 3.05) is 7.05 Å². The number of amides is 1. The van der Waals surface area contributed by atoms with Gasteiger partial charge >= 0.3 is 0 Å². The molecule has 1 heterocycles. The summed E-state index contributed by atoms with van der Waals surface area (Å²) in [5.41, 5.74) is 1.73. The van der Waals surface area contributed by atoms with Crippen molar-refractivity contribution >= 4 is 27.6 Å². The van der Waals surface area contributed by atoms with Gasteiger partial charge in [-0.1, -0.05) is 28.1 Å². The predicted octanol–water partition coefficient (Wildman–Crippen LogP) is 4.42. The Bertz CT molecular complexity index is 686. The van der Waals surface area contributed by atoms with Crippen molar-refractivity contribution < 1.29 is 9.59 Å². The van der Waals surface area contributed by atoms with E-state index >= 15 is 0 Å². The molecule has 0 fully saturated rings. The van der Waals surface area contributed by atoms with Crippen LogP contribution in [0.15, 0.2) is 53.3 Å². The van der Waals surface area contributed by atoms with Crippen molar-refractivity contribution in [2.45, 2.75) is 32.2 Å². The van der Waals surface area contributed by atoms with Gasteiger partial charge in [0.2, 0.25) is 5.91 Å². The molecule has 5 heteroatoms. The molecule has 1 aromatic heterocycles. The first-order chi connectivity index (χ1) is 11.5. The third-order valence-corrected chi connectivity index (χ3v) is 4.65. The van der Waals surface area contributed by atoms with Crippen LogP contribution in [-0.4, -0.2) is 28.6 Å². The highest BCUT2D eigenvalue weighted by Gasteiger charge is 2.17. The van der Waals surface area contributed by atoms with Gasteiger partial charge in [-0.25, -0.2) is 0 Å². The van der Waals surface area contributed by atoms with Gasteiger partial charge < -0.3 is 4.90 Å². The summed E-state index contributed by atoms with van der Waals surface area (Å²) in [5, 5.41) is 0. The maximum absolute atomic E-state index is 12.3. The standard InChI is InChI=1S/C19H21BrN2O2/c1-14(15-10-12-21-13-11-15)22(2)19(24)5-3-4-18(23)16-6-8-17(20)9-7-16/h6-14H,3-5H2,1-2H3/t14-/m1/s1. The minimum atomic E-state index is -0.0114. The van der Waals surface area contributed by atoms with Gasteiger partial charge in [0.1, 0.15) is 0 Å². The van der Waals surface area contributed by atoms with Gasteiger partial charge in [-0.3, -0.25) is 14.6 Å². The van der Waals surface area contributed by atoms with Crippen LogP contribution in [-0.2, 0) is 4.79 Å². The Labute approximate surface area is 151 Å². The van der Waals surface area contributed by atoms with Crippen molar-refractivity contribution in [2.24, 2.45) is 0 Å². The highest BCUT2D eigenvalue weighted by atomic mass is 79.9. The predicted molar refractivity (Wildman–Crippen MR) is 97.7 cm³/mol. The van der Waals surface area contributed by atoms with Crippen LogP contribution in [0.3, 0.4) is 0 Å². The first kappa shape index (κ1) is 18.3. The van der Waals surface area contributed by atoms with Gasteiger partial charge in [-0.15, -0.1) is 0 Å². The summed E-state index contributed by atoms with van der Waals surface area (Å²) >= 11 is 3.35. The molecule has 2 rings (SSSR count). The van der Waals surface area contributed by atoms with Crippen LogP contribution in [0, 0.1) is 0 Å². The molecule has 0 saturated heterocycles. The number of carbonyl (C=O) groups excluding carboxylic acids is 2. The molecule has 4 nitrogen and oxygen atoms in total. The van der Waals surface area contributed by atoms with Crippen LogP contribution in [0.4, 0.5) is 0 Å². The first-order valence-corrected chi connectivity index (χ1v) is 8.72. The van der Waals surface area contributed by atoms with E-state index in [1.54, 1.807) is 36.5 Å². The Morgan fingerprint density at radius 2 is 1.71 bits per heavy atom. The fourth-order valence-corrected chi connectivity index (χ4v) is 2.70. The number of rotatable bonds is 7. The lowest BCUT2D eigenvalue weighted by molar-refractivity contribution is -0.131.